The van der Waals surface area contributed by atoms with Gasteiger partial charge in [-0.25, -0.2) is 8.78 Å². The van der Waals surface area contributed by atoms with E-state index in [1.807, 2.05) is 0 Å². The summed E-state index contributed by atoms with van der Waals surface area (Å²) in [7, 11) is 0. The molecule has 0 saturated carbocycles. The van der Waals surface area contributed by atoms with Gasteiger partial charge in [-0.15, -0.1) is 0 Å². The van der Waals surface area contributed by atoms with Crippen LogP contribution in [0.5, 0.6) is 0 Å². The quantitative estimate of drug-likeness (QED) is 0.570. The third-order valence-electron chi connectivity index (χ3n) is 3.44. The Morgan fingerprint density at radius 1 is 1.17 bits per heavy atom. The summed E-state index contributed by atoms with van der Waals surface area (Å²) >= 11 is 3.55. The van der Waals surface area contributed by atoms with E-state index >= 15 is 0 Å². The van der Waals surface area contributed by atoms with Crippen LogP contribution in [0.4, 0.5) is 8.78 Å². The summed E-state index contributed by atoms with van der Waals surface area (Å²) in [6, 6.07) is 2.62. The number of hydrogen-bond acceptors (Lipinski definition) is 0. The first-order valence-corrected chi connectivity index (χ1v) is 7.52. The van der Waals surface area contributed by atoms with E-state index in [1.54, 1.807) is 6.92 Å². The molecule has 0 fully saturated rings. The molecule has 18 heavy (non-hydrogen) atoms. The van der Waals surface area contributed by atoms with Crippen molar-refractivity contribution < 1.29 is 8.78 Å². The Morgan fingerprint density at radius 2 is 1.83 bits per heavy atom. The van der Waals surface area contributed by atoms with E-state index in [2.05, 4.69) is 29.8 Å². The molecule has 1 aromatic carbocycles. The van der Waals surface area contributed by atoms with Crippen LogP contribution in [0.3, 0.4) is 0 Å². The maximum atomic E-state index is 13.9. The lowest BCUT2D eigenvalue weighted by atomic mass is 9.91. The number of alkyl halides is 1. The van der Waals surface area contributed by atoms with Gasteiger partial charge < -0.3 is 0 Å². The maximum Gasteiger partial charge on any atom is 0.128 e. The highest BCUT2D eigenvalue weighted by atomic mass is 79.9. The molecule has 3 heteroatoms. The van der Waals surface area contributed by atoms with Gasteiger partial charge >= 0.3 is 0 Å². The summed E-state index contributed by atoms with van der Waals surface area (Å²) < 4.78 is 27.5. The fraction of sp³-hybridized carbons (Fsp3) is 0.600. The second-order valence-corrected chi connectivity index (χ2v) is 5.82. The van der Waals surface area contributed by atoms with Crippen molar-refractivity contribution in [1.82, 2.24) is 0 Å². The Kier molecular flexibility index (Phi) is 6.27. The van der Waals surface area contributed by atoms with Crippen LogP contribution in [0, 0.1) is 24.5 Å². The van der Waals surface area contributed by atoms with Gasteiger partial charge in [0.25, 0.3) is 0 Å². The van der Waals surface area contributed by atoms with Crippen molar-refractivity contribution in [3.8, 4) is 0 Å². The van der Waals surface area contributed by atoms with Crippen LogP contribution in [-0.2, 0) is 0 Å². The van der Waals surface area contributed by atoms with E-state index in [4.69, 9.17) is 0 Å². The Morgan fingerprint density at radius 3 is 2.39 bits per heavy atom. The zero-order valence-corrected chi connectivity index (χ0v) is 12.9. The first-order chi connectivity index (χ1) is 8.51. The summed E-state index contributed by atoms with van der Waals surface area (Å²) in [4.78, 5) is -0.107. The van der Waals surface area contributed by atoms with Gasteiger partial charge in [0.2, 0.25) is 0 Å². The smallest absolute Gasteiger partial charge is 0.128 e. The van der Waals surface area contributed by atoms with E-state index in [0.717, 1.165) is 25.7 Å². The van der Waals surface area contributed by atoms with Crippen LogP contribution in [0.25, 0.3) is 0 Å². The predicted molar refractivity (Wildman–Crippen MR) is 76.1 cm³/mol. The molecule has 0 bridgehead atoms. The molecule has 2 atom stereocenters. The fourth-order valence-corrected chi connectivity index (χ4v) is 3.14. The third kappa shape index (κ3) is 3.78. The first-order valence-electron chi connectivity index (χ1n) is 6.60. The highest BCUT2D eigenvalue weighted by Crippen LogP contribution is 2.38. The van der Waals surface area contributed by atoms with Crippen molar-refractivity contribution in [2.24, 2.45) is 5.92 Å². The minimum atomic E-state index is -0.332. The number of unbranched alkanes of at least 4 members (excludes halogenated alkanes) is 1. The number of aryl methyl sites for hydroxylation is 1. The minimum absolute atomic E-state index is 0.107. The van der Waals surface area contributed by atoms with Crippen LogP contribution in [0.1, 0.15) is 55.5 Å². The SMILES string of the molecule is CCCCC(CC)C(Br)c1cc(F)c(C)cc1F. The average molecular weight is 319 g/mol. The van der Waals surface area contributed by atoms with Gasteiger partial charge in [-0.2, -0.15) is 0 Å². The van der Waals surface area contributed by atoms with Crippen molar-refractivity contribution in [1.29, 1.82) is 0 Å². The van der Waals surface area contributed by atoms with E-state index in [0.29, 0.717) is 17.0 Å². The monoisotopic (exact) mass is 318 g/mol. The van der Waals surface area contributed by atoms with Crippen LogP contribution in [0.2, 0.25) is 0 Å². The fourth-order valence-electron chi connectivity index (χ4n) is 2.15. The molecule has 2 unspecified atom stereocenters. The molecule has 0 amide bonds. The molecule has 0 aliphatic heterocycles. The molecule has 0 spiro atoms. The number of rotatable bonds is 6. The number of hydrogen-bond donors (Lipinski definition) is 0. The second kappa shape index (κ2) is 7.22. The van der Waals surface area contributed by atoms with Crippen molar-refractivity contribution in [2.45, 2.75) is 51.3 Å². The molecule has 1 aromatic rings. The Bertz CT molecular complexity index is 390. The molecular weight excluding hydrogens is 298 g/mol. The van der Waals surface area contributed by atoms with Crippen LogP contribution < -0.4 is 0 Å². The lowest BCUT2D eigenvalue weighted by Gasteiger charge is -2.22. The predicted octanol–water partition coefficient (Wildman–Crippen LogP) is 5.93. The lowest BCUT2D eigenvalue weighted by molar-refractivity contribution is 0.435. The Hall–Kier alpha value is -0.440. The highest BCUT2D eigenvalue weighted by molar-refractivity contribution is 9.09. The zero-order chi connectivity index (χ0) is 13.7. The lowest BCUT2D eigenvalue weighted by Crippen LogP contribution is -2.09. The van der Waals surface area contributed by atoms with Crippen molar-refractivity contribution in [3.63, 3.8) is 0 Å². The molecule has 102 valence electrons. The molecular formula is C15H21BrF2. The summed E-state index contributed by atoms with van der Waals surface area (Å²) in [6.45, 7) is 5.82. The minimum Gasteiger partial charge on any atom is -0.207 e. The van der Waals surface area contributed by atoms with Crippen molar-refractivity contribution in [3.05, 3.63) is 34.9 Å². The van der Waals surface area contributed by atoms with Crippen LogP contribution in [-0.4, -0.2) is 0 Å². The van der Waals surface area contributed by atoms with Crippen LogP contribution >= 0.6 is 15.9 Å². The molecule has 0 nitrogen and oxygen atoms in total. The molecule has 0 aliphatic carbocycles. The number of benzene rings is 1. The van der Waals surface area contributed by atoms with Gasteiger partial charge in [0.05, 0.1) is 0 Å². The Balaban J connectivity index is 2.94. The van der Waals surface area contributed by atoms with Crippen LogP contribution in [0.15, 0.2) is 12.1 Å². The summed E-state index contributed by atoms with van der Waals surface area (Å²) in [5.41, 5.74) is 0.804. The molecule has 0 heterocycles. The largest absolute Gasteiger partial charge is 0.207 e. The maximum absolute atomic E-state index is 13.9. The van der Waals surface area contributed by atoms with E-state index in [9.17, 15) is 8.78 Å². The summed E-state index contributed by atoms with van der Waals surface area (Å²) in [5, 5.41) is 0. The van der Waals surface area contributed by atoms with Gasteiger partial charge in [0.15, 0.2) is 0 Å². The first kappa shape index (κ1) is 15.6. The normalized spacial score (nSPS) is 14.6. The van der Waals surface area contributed by atoms with Crippen molar-refractivity contribution in [2.75, 3.05) is 0 Å². The molecule has 0 saturated heterocycles. The molecule has 0 aromatic heterocycles. The average Bonchev–Trinajstić information content (AvgIpc) is 2.34. The molecule has 0 aliphatic rings. The summed E-state index contributed by atoms with van der Waals surface area (Å²) in [5.74, 6) is -0.298. The highest BCUT2D eigenvalue weighted by Gasteiger charge is 2.22. The standard InChI is InChI=1S/C15H21BrF2/c1-4-6-7-11(5-2)15(16)12-9-13(17)10(3)8-14(12)18/h8-9,11,15H,4-7H2,1-3H3. The topological polar surface area (TPSA) is 0 Å². The molecule has 0 N–H and O–H groups in total. The van der Waals surface area contributed by atoms with Gasteiger partial charge in [-0.3, -0.25) is 0 Å². The van der Waals surface area contributed by atoms with E-state index < -0.39 is 0 Å². The molecule has 0 radical (unpaired) electrons. The zero-order valence-electron chi connectivity index (χ0n) is 11.3. The van der Waals surface area contributed by atoms with Gasteiger partial charge in [0.1, 0.15) is 11.6 Å². The Labute approximate surface area is 117 Å². The van der Waals surface area contributed by atoms with Gasteiger partial charge in [0, 0.05) is 10.4 Å². The summed E-state index contributed by atoms with van der Waals surface area (Å²) in [6.07, 6.45) is 4.25. The van der Waals surface area contributed by atoms with Gasteiger partial charge in [-0.1, -0.05) is 49.0 Å². The second-order valence-electron chi connectivity index (χ2n) is 4.84. The van der Waals surface area contributed by atoms with Crippen molar-refractivity contribution >= 4 is 15.9 Å². The van der Waals surface area contributed by atoms with E-state index in [1.165, 1.54) is 12.1 Å². The molecule has 1 rings (SSSR count). The number of halogens is 3. The third-order valence-corrected chi connectivity index (χ3v) is 4.68. The van der Waals surface area contributed by atoms with E-state index in [-0.39, 0.29) is 16.5 Å². The van der Waals surface area contributed by atoms with Gasteiger partial charge in [-0.05, 0) is 37.0 Å².